The normalized spacial score (nSPS) is 16.5. The molecule has 1 atom stereocenters. The minimum absolute atomic E-state index is 0.0483. The largest absolute Gasteiger partial charge is 0.450 e. The lowest BCUT2D eigenvalue weighted by Gasteiger charge is -2.31. The Kier molecular flexibility index (Phi) is 6.78. The van der Waals surface area contributed by atoms with Crippen LogP contribution in [0.4, 0.5) is 4.79 Å². The Hall–Kier alpha value is -1.89. The summed E-state index contributed by atoms with van der Waals surface area (Å²) in [5, 5.41) is 3.01. The summed E-state index contributed by atoms with van der Waals surface area (Å²) in [6.45, 7) is 3.32. The first kappa shape index (κ1) is 18.4. The van der Waals surface area contributed by atoms with Crippen LogP contribution in [-0.2, 0) is 21.3 Å². The van der Waals surface area contributed by atoms with Gasteiger partial charge in [-0.2, -0.15) is 0 Å². The number of nitrogens with one attached hydrogen (secondary N) is 1. The number of carbonyl (C=O) groups is 2. The maximum atomic E-state index is 12.4. The highest BCUT2D eigenvalue weighted by Gasteiger charge is 2.24. The molecule has 1 saturated heterocycles. The van der Waals surface area contributed by atoms with Gasteiger partial charge in [-0.05, 0) is 37.5 Å². The lowest BCUT2D eigenvalue weighted by molar-refractivity contribution is 0.0860. The van der Waals surface area contributed by atoms with Crippen LogP contribution in [0.3, 0.4) is 0 Å². The van der Waals surface area contributed by atoms with Crippen LogP contribution in [0.1, 0.15) is 35.7 Å². The second-order valence-corrected chi connectivity index (χ2v) is 7.29. The molecule has 1 aromatic carbocycles. The van der Waals surface area contributed by atoms with Crippen molar-refractivity contribution in [3.8, 4) is 0 Å². The van der Waals surface area contributed by atoms with Crippen molar-refractivity contribution in [2.45, 2.75) is 31.6 Å². The zero-order valence-corrected chi connectivity index (χ0v) is 14.9. The standard InChI is InChI=1S/C17H24N2O4S/c1-3-23-17(21)19-9-7-15(8-10-19)18-16(20)14-6-4-5-13(11-14)12-24(2)22/h4-6,11,15H,3,7-10,12H2,1-2H3,(H,18,20). The van der Waals surface area contributed by atoms with Gasteiger partial charge in [0.25, 0.3) is 5.91 Å². The molecule has 2 amide bonds. The number of hydrogen-bond acceptors (Lipinski definition) is 4. The second-order valence-electron chi connectivity index (χ2n) is 5.85. The fourth-order valence-corrected chi connectivity index (χ4v) is 3.38. The summed E-state index contributed by atoms with van der Waals surface area (Å²) < 4.78 is 16.3. The molecule has 132 valence electrons. The quantitative estimate of drug-likeness (QED) is 0.878. The maximum absolute atomic E-state index is 12.4. The van der Waals surface area contributed by atoms with Crippen molar-refractivity contribution in [1.29, 1.82) is 0 Å². The summed E-state index contributed by atoms with van der Waals surface area (Å²) in [6, 6.07) is 7.26. The van der Waals surface area contributed by atoms with E-state index in [0.717, 1.165) is 5.56 Å². The third-order valence-electron chi connectivity index (χ3n) is 3.92. The monoisotopic (exact) mass is 352 g/mol. The van der Waals surface area contributed by atoms with Gasteiger partial charge in [-0.25, -0.2) is 4.79 Å². The molecule has 1 heterocycles. The molecule has 0 radical (unpaired) electrons. The van der Waals surface area contributed by atoms with E-state index in [9.17, 15) is 13.8 Å². The predicted molar refractivity (Wildman–Crippen MR) is 93.3 cm³/mol. The van der Waals surface area contributed by atoms with Crippen molar-refractivity contribution in [1.82, 2.24) is 10.2 Å². The summed E-state index contributed by atoms with van der Waals surface area (Å²) in [5.74, 6) is 0.312. The Morgan fingerprint density at radius 3 is 2.67 bits per heavy atom. The van der Waals surface area contributed by atoms with Crippen LogP contribution >= 0.6 is 0 Å². The molecule has 0 bridgehead atoms. The summed E-state index contributed by atoms with van der Waals surface area (Å²) in [7, 11) is -0.936. The van der Waals surface area contributed by atoms with Gasteiger partial charge >= 0.3 is 6.09 Å². The molecule has 1 unspecified atom stereocenters. The zero-order chi connectivity index (χ0) is 17.5. The SMILES string of the molecule is CCOC(=O)N1CCC(NC(=O)c2cccc(CS(C)=O)c2)CC1. The molecule has 7 heteroatoms. The average molecular weight is 352 g/mol. The van der Waals surface area contributed by atoms with E-state index >= 15 is 0 Å². The molecule has 1 aliphatic heterocycles. The van der Waals surface area contributed by atoms with Crippen LogP contribution in [0.2, 0.25) is 0 Å². The number of carbonyl (C=O) groups excluding carboxylic acids is 2. The first-order valence-electron chi connectivity index (χ1n) is 8.11. The van der Waals surface area contributed by atoms with Gasteiger partial charge in [-0.1, -0.05) is 12.1 Å². The van der Waals surface area contributed by atoms with Gasteiger partial charge in [0.1, 0.15) is 0 Å². The van der Waals surface area contributed by atoms with Gasteiger partial charge < -0.3 is 15.0 Å². The van der Waals surface area contributed by atoms with E-state index < -0.39 is 10.8 Å². The molecule has 1 fully saturated rings. The molecule has 1 N–H and O–H groups in total. The van der Waals surface area contributed by atoms with Crippen molar-refractivity contribution < 1.29 is 18.5 Å². The molecule has 0 spiro atoms. The van der Waals surface area contributed by atoms with Crippen molar-refractivity contribution in [2.75, 3.05) is 26.0 Å². The number of benzene rings is 1. The van der Waals surface area contributed by atoms with Crippen molar-refractivity contribution in [3.05, 3.63) is 35.4 Å². The Morgan fingerprint density at radius 1 is 1.33 bits per heavy atom. The lowest BCUT2D eigenvalue weighted by atomic mass is 10.0. The van der Waals surface area contributed by atoms with E-state index in [-0.39, 0.29) is 18.0 Å². The fraction of sp³-hybridized carbons (Fsp3) is 0.529. The van der Waals surface area contributed by atoms with Crippen molar-refractivity contribution in [3.63, 3.8) is 0 Å². The van der Waals surface area contributed by atoms with Crippen LogP contribution in [-0.4, -0.2) is 53.1 Å². The number of ether oxygens (including phenoxy) is 1. The third-order valence-corrected chi connectivity index (χ3v) is 4.66. The van der Waals surface area contributed by atoms with Crippen LogP contribution in [0.15, 0.2) is 24.3 Å². The molecule has 6 nitrogen and oxygen atoms in total. The number of rotatable bonds is 5. The molecule has 1 aliphatic rings. The van der Waals surface area contributed by atoms with Gasteiger partial charge in [0.05, 0.1) is 6.61 Å². The summed E-state index contributed by atoms with van der Waals surface area (Å²) in [4.78, 5) is 25.7. The summed E-state index contributed by atoms with van der Waals surface area (Å²) >= 11 is 0. The molecular weight excluding hydrogens is 328 g/mol. The van der Waals surface area contributed by atoms with E-state index in [0.29, 0.717) is 43.9 Å². The Balaban J connectivity index is 1.87. The Bertz CT molecular complexity index is 612. The Morgan fingerprint density at radius 2 is 2.04 bits per heavy atom. The molecule has 0 saturated carbocycles. The van der Waals surface area contributed by atoms with E-state index in [1.807, 2.05) is 6.07 Å². The van der Waals surface area contributed by atoms with Crippen LogP contribution < -0.4 is 5.32 Å². The molecular formula is C17H24N2O4S. The van der Waals surface area contributed by atoms with E-state index in [1.165, 1.54) is 0 Å². The molecule has 0 aliphatic carbocycles. The fourth-order valence-electron chi connectivity index (χ4n) is 2.73. The second kappa shape index (κ2) is 8.82. The average Bonchev–Trinajstić information content (AvgIpc) is 2.55. The zero-order valence-electron chi connectivity index (χ0n) is 14.1. The lowest BCUT2D eigenvalue weighted by Crippen LogP contribution is -2.46. The van der Waals surface area contributed by atoms with Crippen LogP contribution in [0.5, 0.6) is 0 Å². The molecule has 24 heavy (non-hydrogen) atoms. The van der Waals surface area contributed by atoms with Gasteiger partial charge in [0.2, 0.25) is 0 Å². The van der Waals surface area contributed by atoms with E-state index in [2.05, 4.69) is 5.32 Å². The highest BCUT2D eigenvalue weighted by molar-refractivity contribution is 7.83. The van der Waals surface area contributed by atoms with Crippen molar-refractivity contribution in [2.24, 2.45) is 0 Å². The minimum Gasteiger partial charge on any atom is -0.450 e. The van der Waals surface area contributed by atoms with E-state index in [1.54, 1.807) is 36.3 Å². The number of likely N-dealkylation sites (tertiary alicyclic amines) is 1. The Labute approximate surface area is 145 Å². The highest BCUT2D eigenvalue weighted by Crippen LogP contribution is 2.13. The van der Waals surface area contributed by atoms with Crippen LogP contribution in [0, 0.1) is 0 Å². The summed E-state index contributed by atoms with van der Waals surface area (Å²) in [5.41, 5.74) is 1.46. The number of nitrogens with zero attached hydrogens (tertiary/aromatic N) is 1. The highest BCUT2D eigenvalue weighted by atomic mass is 32.2. The summed E-state index contributed by atoms with van der Waals surface area (Å²) in [6.07, 6.45) is 2.78. The predicted octanol–water partition coefficient (Wildman–Crippen LogP) is 1.92. The molecule has 2 rings (SSSR count). The number of piperidine rings is 1. The minimum atomic E-state index is -0.936. The van der Waals surface area contributed by atoms with Gasteiger partial charge in [-0.3, -0.25) is 9.00 Å². The van der Waals surface area contributed by atoms with Crippen LogP contribution in [0.25, 0.3) is 0 Å². The topological polar surface area (TPSA) is 75.7 Å². The van der Waals surface area contributed by atoms with Gasteiger partial charge in [0.15, 0.2) is 0 Å². The first-order valence-corrected chi connectivity index (χ1v) is 9.84. The third kappa shape index (κ3) is 5.33. The van der Waals surface area contributed by atoms with Gasteiger partial charge in [-0.15, -0.1) is 0 Å². The van der Waals surface area contributed by atoms with Crippen molar-refractivity contribution >= 4 is 22.8 Å². The number of hydrogen-bond donors (Lipinski definition) is 1. The van der Waals surface area contributed by atoms with Gasteiger partial charge in [0, 0.05) is 47.5 Å². The van der Waals surface area contributed by atoms with E-state index in [4.69, 9.17) is 4.74 Å². The number of amides is 2. The maximum Gasteiger partial charge on any atom is 0.409 e. The smallest absolute Gasteiger partial charge is 0.409 e. The molecule has 0 aromatic heterocycles. The molecule has 1 aromatic rings. The first-order chi connectivity index (χ1) is 11.5.